The third-order valence-electron chi connectivity index (χ3n) is 5.19. The number of guanidine groups is 1. The SMILES string of the molecule is CN=C(NCCCN1CCC(C)CC1)NCc1ccc(CS(=O)(=O)NC)cc1.I. The molecule has 9 heteroatoms. The van der Waals surface area contributed by atoms with Crippen LogP contribution in [-0.4, -0.2) is 59.6 Å². The minimum absolute atomic E-state index is 0. The first-order chi connectivity index (χ1) is 13.4. The minimum atomic E-state index is -3.24. The Morgan fingerprint density at radius 2 is 1.76 bits per heavy atom. The van der Waals surface area contributed by atoms with Gasteiger partial charge in [-0.25, -0.2) is 13.1 Å². The van der Waals surface area contributed by atoms with E-state index in [0.29, 0.717) is 6.54 Å². The number of rotatable bonds is 9. The van der Waals surface area contributed by atoms with Crippen LogP contribution >= 0.6 is 24.0 Å². The molecule has 0 aliphatic carbocycles. The van der Waals surface area contributed by atoms with Gasteiger partial charge in [-0.15, -0.1) is 24.0 Å². The summed E-state index contributed by atoms with van der Waals surface area (Å²) >= 11 is 0. The summed E-state index contributed by atoms with van der Waals surface area (Å²) in [6.45, 7) is 7.45. The maximum atomic E-state index is 11.6. The van der Waals surface area contributed by atoms with Crippen molar-refractivity contribution in [1.29, 1.82) is 0 Å². The van der Waals surface area contributed by atoms with Crippen LogP contribution in [0.4, 0.5) is 0 Å². The summed E-state index contributed by atoms with van der Waals surface area (Å²) in [7, 11) is -0.0365. The number of sulfonamides is 1. The van der Waals surface area contributed by atoms with Gasteiger partial charge in [0.1, 0.15) is 0 Å². The van der Waals surface area contributed by atoms with Gasteiger partial charge in [0.25, 0.3) is 0 Å². The molecule has 0 aromatic heterocycles. The van der Waals surface area contributed by atoms with E-state index in [1.807, 2.05) is 24.3 Å². The van der Waals surface area contributed by atoms with Gasteiger partial charge in [0.15, 0.2) is 5.96 Å². The van der Waals surface area contributed by atoms with E-state index < -0.39 is 10.0 Å². The zero-order chi connectivity index (χ0) is 20.4. The molecule has 0 radical (unpaired) electrons. The molecule has 29 heavy (non-hydrogen) atoms. The van der Waals surface area contributed by atoms with E-state index in [2.05, 4.69) is 32.2 Å². The van der Waals surface area contributed by atoms with Crippen molar-refractivity contribution in [2.24, 2.45) is 10.9 Å². The zero-order valence-electron chi connectivity index (χ0n) is 17.8. The largest absolute Gasteiger partial charge is 0.356 e. The van der Waals surface area contributed by atoms with Crippen molar-refractivity contribution < 1.29 is 8.42 Å². The molecule has 2 rings (SSSR count). The van der Waals surface area contributed by atoms with Crippen molar-refractivity contribution >= 4 is 40.0 Å². The van der Waals surface area contributed by atoms with Crippen molar-refractivity contribution in [2.75, 3.05) is 40.3 Å². The average molecular weight is 538 g/mol. The molecule has 166 valence electrons. The highest BCUT2D eigenvalue weighted by molar-refractivity contribution is 14.0. The summed E-state index contributed by atoms with van der Waals surface area (Å²) in [6.07, 6.45) is 3.73. The Kier molecular flexibility index (Phi) is 12.1. The lowest BCUT2D eigenvalue weighted by Gasteiger charge is -2.30. The van der Waals surface area contributed by atoms with E-state index in [9.17, 15) is 8.42 Å². The molecule has 1 saturated heterocycles. The second-order valence-corrected chi connectivity index (χ2v) is 9.44. The van der Waals surface area contributed by atoms with Gasteiger partial charge in [-0.1, -0.05) is 31.2 Å². The van der Waals surface area contributed by atoms with Gasteiger partial charge < -0.3 is 15.5 Å². The molecular formula is C20H36IN5O2S. The Hall–Kier alpha value is -0.910. The van der Waals surface area contributed by atoms with Crippen LogP contribution in [0.2, 0.25) is 0 Å². The molecule has 1 fully saturated rings. The van der Waals surface area contributed by atoms with Crippen molar-refractivity contribution in [1.82, 2.24) is 20.3 Å². The number of benzene rings is 1. The first-order valence-corrected chi connectivity index (χ1v) is 11.7. The first kappa shape index (κ1) is 26.1. The molecule has 1 aliphatic heterocycles. The van der Waals surface area contributed by atoms with Crippen LogP contribution in [0.15, 0.2) is 29.3 Å². The van der Waals surface area contributed by atoms with Gasteiger partial charge in [-0.05, 0) is 63.0 Å². The molecular weight excluding hydrogens is 501 g/mol. The normalized spacial score (nSPS) is 16.3. The number of likely N-dealkylation sites (tertiary alicyclic amines) is 1. The van der Waals surface area contributed by atoms with Crippen LogP contribution in [-0.2, 0) is 22.3 Å². The standard InChI is InChI=1S/C20H35N5O2S.HI/c1-17-9-13-25(14-10-17)12-4-11-23-20(21-2)24-15-18-5-7-19(8-6-18)16-28(26,27)22-3;/h5-8,17,22H,4,9-16H2,1-3H3,(H2,21,23,24);1H. The summed E-state index contributed by atoms with van der Waals surface area (Å²) in [4.78, 5) is 6.82. The molecule has 1 aliphatic rings. The average Bonchev–Trinajstić information content (AvgIpc) is 2.69. The molecule has 0 amide bonds. The molecule has 0 spiro atoms. The molecule has 1 heterocycles. The highest BCUT2D eigenvalue weighted by atomic mass is 127. The number of nitrogens with zero attached hydrogens (tertiary/aromatic N) is 2. The summed E-state index contributed by atoms with van der Waals surface area (Å²) in [5.41, 5.74) is 1.85. The fourth-order valence-electron chi connectivity index (χ4n) is 3.25. The summed E-state index contributed by atoms with van der Waals surface area (Å²) in [5.74, 6) is 1.66. The van der Waals surface area contributed by atoms with Gasteiger partial charge in [0, 0.05) is 20.1 Å². The van der Waals surface area contributed by atoms with Crippen LogP contribution in [0.1, 0.15) is 37.3 Å². The van der Waals surface area contributed by atoms with Crippen molar-refractivity contribution in [2.45, 2.75) is 38.5 Å². The molecule has 0 atom stereocenters. The molecule has 7 nitrogen and oxygen atoms in total. The quantitative estimate of drug-likeness (QED) is 0.195. The molecule has 3 N–H and O–H groups in total. The lowest BCUT2D eigenvalue weighted by Crippen LogP contribution is -2.39. The van der Waals surface area contributed by atoms with Crippen LogP contribution in [0.3, 0.4) is 0 Å². The van der Waals surface area contributed by atoms with E-state index in [1.54, 1.807) is 7.05 Å². The van der Waals surface area contributed by atoms with E-state index in [1.165, 1.54) is 33.0 Å². The number of nitrogens with one attached hydrogen (secondary N) is 3. The minimum Gasteiger partial charge on any atom is -0.356 e. The van der Waals surface area contributed by atoms with Crippen LogP contribution in [0.5, 0.6) is 0 Å². The van der Waals surface area contributed by atoms with E-state index in [4.69, 9.17) is 0 Å². The lowest BCUT2D eigenvalue weighted by molar-refractivity contribution is 0.191. The topological polar surface area (TPSA) is 85.8 Å². The van der Waals surface area contributed by atoms with Gasteiger partial charge in [0.2, 0.25) is 10.0 Å². The summed E-state index contributed by atoms with van der Waals surface area (Å²) in [6, 6.07) is 7.58. The van der Waals surface area contributed by atoms with Crippen LogP contribution in [0.25, 0.3) is 0 Å². The number of hydrogen-bond donors (Lipinski definition) is 3. The van der Waals surface area contributed by atoms with E-state index in [-0.39, 0.29) is 29.7 Å². The molecule has 0 bridgehead atoms. The number of piperidine rings is 1. The van der Waals surface area contributed by atoms with Gasteiger partial charge in [-0.2, -0.15) is 0 Å². The second-order valence-electron chi connectivity index (χ2n) is 7.51. The molecule has 1 aromatic rings. The fourth-order valence-corrected chi connectivity index (χ4v) is 4.02. The summed E-state index contributed by atoms with van der Waals surface area (Å²) in [5, 5.41) is 6.67. The van der Waals surface area contributed by atoms with Gasteiger partial charge >= 0.3 is 0 Å². The van der Waals surface area contributed by atoms with Crippen molar-refractivity contribution in [3.8, 4) is 0 Å². The Balaban J connectivity index is 0.00000420. The second kappa shape index (κ2) is 13.4. The van der Waals surface area contributed by atoms with Gasteiger partial charge in [0.05, 0.1) is 5.75 Å². The highest BCUT2D eigenvalue weighted by Gasteiger charge is 2.14. The maximum Gasteiger partial charge on any atom is 0.215 e. The number of hydrogen-bond acceptors (Lipinski definition) is 4. The summed E-state index contributed by atoms with van der Waals surface area (Å²) < 4.78 is 25.5. The highest BCUT2D eigenvalue weighted by Crippen LogP contribution is 2.15. The third-order valence-corrected chi connectivity index (χ3v) is 6.53. The van der Waals surface area contributed by atoms with Crippen molar-refractivity contribution in [3.05, 3.63) is 35.4 Å². The Morgan fingerprint density at radius 1 is 1.14 bits per heavy atom. The molecule has 1 aromatic carbocycles. The molecule has 0 unspecified atom stereocenters. The first-order valence-electron chi connectivity index (χ1n) is 10.1. The Morgan fingerprint density at radius 3 is 2.34 bits per heavy atom. The van der Waals surface area contributed by atoms with Gasteiger partial charge in [-0.3, -0.25) is 4.99 Å². The van der Waals surface area contributed by atoms with E-state index in [0.717, 1.165) is 42.5 Å². The predicted molar refractivity (Wildman–Crippen MR) is 131 cm³/mol. The monoisotopic (exact) mass is 537 g/mol. The van der Waals surface area contributed by atoms with E-state index >= 15 is 0 Å². The van der Waals surface area contributed by atoms with Crippen molar-refractivity contribution in [3.63, 3.8) is 0 Å². The fraction of sp³-hybridized carbons (Fsp3) is 0.650. The molecule has 0 saturated carbocycles. The van der Waals surface area contributed by atoms with Crippen LogP contribution < -0.4 is 15.4 Å². The zero-order valence-corrected chi connectivity index (χ0v) is 20.9. The smallest absolute Gasteiger partial charge is 0.215 e. The number of aliphatic imine (C=N–C) groups is 1. The Bertz CT molecular complexity index is 717. The van der Waals surface area contributed by atoms with Crippen LogP contribution in [0, 0.1) is 5.92 Å². The Labute approximate surface area is 193 Å². The number of halogens is 1. The third kappa shape index (κ3) is 10.1. The maximum absolute atomic E-state index is 11.6. The predicted octanol–water partition coefficient (Wildman–Crippen LogP) is 2.14. The lowest BCUT2D eigenvalue weighted by atomic mass is 9.99.